The second-order valence-electron chi connectivity index (χ2n) is 5.34. The Morgan fingerprint density at radius 2 is 2.35 bits per heavy atom. The van der Waals surface area contributed by atoms with E-state index in [-0.39, 0.29) is 0 Å². The molecule has 1 saturated carbocycles. The van der Waals surface area contributed by atoms with E-state index in [1.54, 1.807) is 11.3 Å². The Morgan fingerprint density at radius 1 is 1.41 bits per heavy atom. The normalized spacial score (nSPS) is 25.4. The molecule has 1 atom stereocenters. The van der Waals surface area contributed by atoms with E-state index in [1.807, 2.05) is 11.7 Å². The summed E-state index contributed by atoms with van der Waals surface area (Å²) in [6.07, 6.45) is 7.58. The fourth-order valence-electron chi connectivity index (χ4n) is 2.71. The summed E-state index contributed by atoms with van der Waals surface area (Å²) < 4.78 is 0. The van der Waals surface area contributed by atoms with Crippen LogP contribution in [0.1, 0.15) is 30.6 Å². The molecule has 2 aliphatic rings. The molecule has 0 spiro atoms. The highest BCUT2D eigenvalue weighted by Gasteiger charge is 2.31. The lowest BCUT2D eigenvalue weighted by Crippen LogP contribution is -2.38. The van der Waals surface area contributed by atoms with E-state index in [4.69, 9.17) is 0 Å². The van der Waals surface area contributed by atoms with Gasteiger partial charge in [0.2, 0.25) is 0 Å². The molecule has 0 aromatic carbocycles. The summed E-state index contributed by atoms with van der Waals surface area (Å²) in [5, 5.41) is 3.52. The molecular weight excluding hydrogens is 230 g/mol. The van der Waals surface area contributed by atoms with Crippen LogP contribution in [0.25, 0.3) is 0 Å². The van der Waals surface area contributed by atoms with Crippen LogP contribution in [0, 0.1) is 5.92 Å². The van der Waals surface area contributed by atoms with Gasteiger partial charge >= 0.3 is 0 Å². The largest absolute Gasteiger partial charge is 0.316 e. The fraction of sp³-hybridized carbons (Fsp3) is 0.769. The van der Waals surface area contributed by atoms with Gasteiger partial charge in [0.1, 0.15) is 0 Å². The zero-order valence-corrected chi connectivity index (χ0v) is 11.1. The Morgan fingerprint density at radius 3 is 3.00 bits per heavy atom. The van der Waals surface area contributed by atoms with Gasteiger partial charge in [-0.15, -0.1) is 11.3 Å². The quantitative estimate of drug-likeness (QED) is 0.869. The predicted molar refractivity (Wildman–Crippen MR) is 71.1 cm³/mol. The smallest absolute Gasteiger partial charge is 0.0794 e. The standard InChI is InChI=1S/C13H21N3S/c1-2-11(6-14-5-1)8-16(12-3-4-12)9-13-7-15-10-17-13/h7,10-12,14H,1-6,8-9H2. The van der Waals surface area contributed by atoms with Crippen LogP contribution >= 0.6 is 11.3 Å². The zero-order chi connectivity index (χ0) is 11.5. The third-order valence-corrected chi connectivity index (χ3v) is 4.56. The molecule has 1 aliphatic carbocycles. The van der Waals surface area contributed by atoms with E-state index in [9.17, 15) is 0 Å². The molecule has 4 heteroatoms. The molecule has 1 aromatic rings. The van der Waals surface area contributed by atoms with Crippen molar-refractivity contribution < 1.29 is 0 Å². The lowest BCUT2D eigenvalue weighted by Gasteiger charge is -2.29. The molecule has 3 nitrogen and oxygen atoms in total. The van der Waals surface area contributed by atoms with Crippen molar-refractivity contribution in [3.05, 3.63) is 16.6 Å². The first-order valence-electron chi connectivity index (χ1n) is 6.74. The summed E-state index contributed by atoms with van der Waals surface area (Å²) in [6, 6.07) is 0.860. The summed E-state index contributed by atoms with van der Waals surface area (Å²) in [7, 11) is 0. The molecular formula is C13H21N3S. The molecule has 17 heavy (non-hydrogen) atoms. The lowest BCUT2D eigenvalue weighted by molar-refractivity contribution is 0.194. The maximum Gasteiger partial charge on any atom is 0.0794 e. The fourth-order valence-corrected chi connectivity index (χ4v) is 3.33. The van der Waals surface area contributed by atoms with Crippen molar-refractivity contribution in [1.29, 1.82) is 0 Å². The monoisotopic (exact) mass is 251 g/mol. The second-order valence-corrected chi connectivity index (χ2v) is 6.31. The highest BCUT2D eigenvalue weighted by Crippen LogP contribution is 2.30. The molecule has 3 rings (SSSR count). The Bertz CT molecular complexity index is 328. The van der Waals surface area contributed by atoms with Gasteiger partial charge in [-0.2, -0.15) is 0 Å². The van der Waals surface area contributed by atoms with Crippen molar-refractivity contribution >= 4 is 11.3 Å². The molecule has 2 fully saturated rings. The van der Waals surface area contributed by atoms with Gasteiger partial charge in [-0.3, -0.25) is 9.88 Å². The minimum Gasteiger partial charge on any atom is -0.316 e. The minimum absolute atomic E-state index is 0.859. The van der Waals surface area contributed by atoms with E-state index >= 15 is 0 Å². The Balaban J connectivity index is 1.56. The molecule has 1 saturated heterocycles. The van der Waals surface area contributed by atoms with Gasteiger partial charge in [-0.25, -0.2) is 0 Å². The average molecular weight is 251 g/mol. The number of hydrogen-bond donors (Lipinski definition) is 1. The first-order chi connectivity index (χ1) is 8.42. The maximum absolute atomic E-state index is 4.18. The number of nitrogens with one attached hydrogen (secondary N) is 1. The van der Waals surface area contributed by atoms with Gasteiger partial charge in [0.05, 0.1) is 5.51 Å². The Kier molecular flexibility index (Phi) is 3.74. The van der Waals surface area contributed by atoms with Crippen LogP contribution < -0.4 is 5.32 Å². The number of hydrogen-bond acceptors (Lipinski definition) is 4. The first kappa shape index (κ1) is 11.6. The molecule has 0 bridgehead atoms. The SMILES string of the molecule is c1ncc(CN(CC2CCCNC2)C2CC2)s1. The van der Waals surface area contributed by atoms with Gasteiger partial charge in [0.25, 0.3) is 0 Å². The number of aromatic nitrogens is 1. The van der Waals surface area contributed by atoms with Crippen LogP contribution in [-0.2, 0) is 6.54 Å². The van der Waals surface area contributed by atoms with Crippen molar-refractivity contribution in [3.63, 3.8) is 0 Å². The molecule has 2 heterocycles. The highest BCUT2D eigenvalue weighted by molar-refractivity contribution is 7.09. The molecule has 1 N–H and O–H groups in total. The van der Waals surface area contributed by atoms with Crippen LogP contribution in [0.4, 0.5) is 0 Å². The van der Waals surface area contributed by atoms with Gasteiger partial charge in [0, 0.05) is 30.2 Å². The molecule has 0 radical (unpaired) electrons. The summed E-state index contributed by atoms with van der Waals surface area (Å²) in [6.45, 7) is 4.82. The van der Waals surface area contributed by atoms with Crippen LogP contribution in [0.2, 0.25) is 0 Å². The Labute approximate surface area is 107 Å². The number of thiazole rings is 1. The van der Waals surface area contributed by atoms with Crippen LogP contribution in [0.3, 0.4) is 0 Å². The van der Waals surface area contributed by atoms with E-state index in [1.165, 1.54) is 50.2 Å². The van der Waals surface area contributed by atoms with Crippen molar-refractivity contribution in [1.82, 2.24) is 15.2 Å². The van der Waals surface area contributed by atoms with Gasteiger partial charge in [-0.1, -0.05) is 0 Å². The van der Waals surface area contributed by atoms with E-state index in [0.29, 0.717) is 0 Å². The van der Waals surface area contributed by atoms with E-state index < -0.39 is 0 Å². The van der Waals surface area contributed by atoms with Gasteiger partial charge < -0.3 is 5.32 Å². The molecule has 1 unspecified atom stereocenters. The highest BCUT2D eigenvalue weighted by atomic mass is 32.1. The van der Waals surface area contributed by atoms with Crippen LogP contribution in [0.15, 0.2) is 11.7 Å². The summed E-state index contributed by atoms with van der Waals surface area (Å²) in [5.74, 6) is 0.859. The van der Waals surface area contributed by atoms with Crippen molar-refractivity contribution in [2.75, 3.05) is 19.6 Å². The number of piperidine rings is 1. The summed E-state index contributed by atoms with van der Waals surface area (Å²) in [4.78, 5) is 8.28. The van der Waals surface area contributed by atoms with Crippen molar-refractivity contribution in [2.45, 2.75) is 38.3 Å². The van der Waals surface area contributed by atoms with Gasteiger partial charge in [0.15, 0.2) is 0 Å². The molecule has 94 valence electrons. The predicted octanol–water partition coefficient (Wildman–Crippen LogP) is 2.11. The minimum atomic E-state index is 0.859. The van der Waals surface area contributed by atoms with Crippen molar-refractivity contribution in [3.8, 4) is 0 Å². The van der Waals surface area contributed by atoms with Gasteiger partial charge in [-0.05, 0) is 44.7 Å². The average Bonchev–Trinajstić information content (AvgIpc) is 3.09. The topological polar surface area (TPSA) is 28.2 Å². The number of rotatable bonds is 5. The zero-order valence-electron chi connectivity index (χ0n) is 10.3. The lowest BCUT2D eigenvalue weighted by atomic mass is 9.99. The van der Waals surface area contributed by atoms with E-state index in [0.717, 1.165) is 18.5 Å². The molecule has 1 aromatic heterocycles. The first-order valence-corrected chi connectivity index (χ1v) is 7.62. The van der Waals surface area contributed by atoms with Crippen LogP contribution in [0.5, 0.6) is 0 Å². The van der Waals surface area contributed by atoms with Crippen molar-refractivity contribution in [2.24, 2.45) is 5.92 Å². The second kappa shape index (κ2) is 5.46. The molecule has 1 aliphatic heterocycles. The molecule has 0 amide bonds. The van der Waals surface area contributed by atoms with Crippen LogP contribution in [-0.4, -0.2) is 35.6 Å². The third-order valence-electron chi connectivity index (χ3n) is 3.80. The third kappa shape index (κ3) is 3.27. The number of nitrogens with zero attached hydrogens (tertiary/aromatic N) is 2. The Hall–Kier alpha value is -0.450. The maximum atomic E-state index is 4.18. The summed E-state index contributed by atoms with van der Waals surface area (Å²) >= 11 is 1.79. The summed E-state index contributed by atoms with van der Waals surface area (Å²) in [5.41, 5.74) is 1.95. The van der Waals surface area contributed by atoms with E-state index in [2.05, 4.69) is 15.2 Å².